The number of amides is 2. The molecule has 10 heteroatoms. The Morgan fingerprint density at radius 3 is 2.46 bits per heavy atom. The Hall–Kier alpha value is -3.37. The molecule has 1 aromatic heterocycles. The van der Waals surface area contributed by atoms with Gasteiger partial charge in [0.25, 0.3) is 5.91 Å². The lowest BCUT2D eigenvalue weighted by Gasteiger charge is -2.39. The Kier molecular flexibility index (Phi) is 12.3. The first-order chi connectivity index (χ1) is 21.8. The van der Waals surface area contributed by atoms with Gasteiger partial charge in [0.15, 0.2) is 0 Å². The maximum absolute atomic E-state index is 13.9. The first kappa shape index (κ1) is 35.5. The average molecular weight is 638 g/mol. The van der Waals surface area contributed by atoms with Crippen LogP contribution < -0.4 is 15.0 Å². The first-order valence-electron chi connectivity index (χ1n) is 16.9. The second-order valence-corrected chi connectivity index (χ2v) is 13.7. The molecule has 2 N–H and O–H groups in total. The van der Waals surface area contributed by atoms with Gasteiger partial charge in [0.2, 0.25) is 11.8 Å². The van der Waals surface area contributed by atoms with E-state index in [1.54, 1.807) is 12.3 Å². The average Bonchev–Trinajstić information content (AvgIpc) is 3.01. The van der Waals surface area contributed by atoms with E-state index in [2.05, 4.69) is 25.1 Å². The normalized spacial score (nSPS) is 20.1. The van der Waals surface area contributed by atoms with Crippen LogP contribution in [0.25, 0.3) is 0 Å². The summed E-state index contributed by atoms with van der Waals surface area (Å²) in [6, 6.07) is 7.62. The van der Waals surface area contributed by atoms with Crippen LogP contribution in [-0.4, -0.2) is 76.6 Å². The van der Waals surface area contributed by atoms with Gasteiger partial charge in [0.05, 0.1) is 11.3 Å². The zero-order chi connectivity index (χ0) is 33.4. The van der Waals surface area contributed by atoms with Gasteiger partial charge in [-0.3, -0.25) is 14.5 Å². The van der Waals surface area contributed by atoms with Crippen molar-refractivity contribution in [2.75, 3.05) is 31.1 Å². The lowest BCUT2D eigenvalue weighted by molar-refractivity contribution is -0.126. The number of likely N-dealkylation sites (tertiary alicyclic amines) is 1. The minimum Gasteiger partial charge on any atom is -0.476 e. The number of aromatic nitrogens is 1. The van der Waals surface area contributed by atoms with E-state index in [1.807, 2.05) is 47.6 Å². The fraction of sp³-hybridized carbons (Fsp3) is 0.611. The lowest BCUT2D eigenvalue weighted by Crippen LogP contribution is -2.45. The number of ether oxygens (including phenoxy) is 1. The smallest absolute Gasteiger partial charge is 0.278 e. The molecular formula is C36H52FN5O4. The van der Waals surface area contributed by atoms with Crippen molar-refractivity contribution in [1.29, 1.82) is 0 Å². The van der Waals surface area contributed by atoms with Crippen molar-refractivity contribution in [2.24, 2.45) is 16.8 Å². The number of carbonyl (C=O) groups is 2. The van der Waals surface area contributed by atoms with Gasteiger partial charge in [-0.15, -0.1) is 0 Å². The van der Waals surface area contributed by atoms with Crippen LogP contribution in [0.3, 0.4) is 0 Å². The number of anilines is 1. The number of nitrogens with zero attached hydrogens (tertiary/aromatic N) is 4. The van der Waals surface area contributed by atoms with E-state index in [9.17, 15) is 19.1 Å². The van der Waals surface area contributed by atoms with Crippen LogP contribution in [0.4, 0.5) is 10.1 Å². The van der Waals surface area contributed by atoms with Crippen LogP contribution >= 0.6 is 0 Å². The lowest BCUT2D eigenvalue weighted by atomic mass is 9.83. The SMILES string of the molecule is CCC(=NC(=O)c1cccc(F)c1)N(c1cc(OCCN2CCC(C(C)(C)O)CC2)ncc1C)C1CCC(C(=O)NC(C)C)CC1. The zero-order valence-corrected chi connectivity index (χ0v) is 28.4. The van der Waals surface area contributed by atoms with Crippen molar-refractivity contribution in [1.82, 2.24) is 15.2 Å². The molecule has 9 nitrogen and oxygen atoms in total. The summed E-state index contributed by atoms with van der Waals surface area (Å²) in [4.78, 5) is 39.6. The number of halogens is 1. The fourth-order valence-corrected chi connectivity index (χ4v) is 6.63. The minimum absolute atomic E-state index is 0.00753. The van der Waals surface area contributed by atoms with Gasteiger partial charge >= 0.3 is 0 Å². The molecule has 2 heterocycles. The molecule has 2 amide bonds. The molecule has 252 valence electrons. The van der Waals surface area contributed by atoms with Gasteiger partial charge in [0, 0.05) is 48.8 Å². The molecule has 0 bridgehead atoms. The van der Waals surface area contributed by atoms with Crippen LogP contribution in [-0.2, 0) is 4.79 Å². The maximum Gasteiger partial charge on any atom is 0.278 e. The number of carbonyl (C=O) groups excluding carboxylic acids is 2. The predicted molar refractivity (Wildman–Crippen MR) is 180 cm³/mol. The summed E-state index contributed by atoms with van der Waals surface area (Å²) in [6.45, 7) is 14.7. The third kappa shape index (κ3) is 9.58. The topological polar surface area (TPSA) is 107 Å². The van der Waals surface area contributed by atoms with Gasteiger partial charge in [0.1, 0.15) is 18.3 Å². The van der Waals surface area contributed by atoms with E-state index in [1.165, 1.54) is 18.2 Å². The molecule has 2 fully saturated rings. The van der Waals surface area contributed by atoms with Gasteiger partial charge < -0.3 is 20.1 Å². The Morgan fingerprint density at radius 2 is 1.85 bits per heavy atom. The Morgan fingerprint density at radius 1 is 1.15 bits per heavy atom. The molecule has 2 aromatic rings. The maximum atomic E-state index is 13.9. The summed E-state index contributed by atoms with van der Waals surface area (Å²) in [5.41, 5.74) is 1.32. The second kappa shape index (κ2) is 16.0. The monoisotopic (exact) mass is 637 g/mol. The summed E-state index contributed by atoms with van der Waals surface area (Å²) >= 11 is 0. The molecule has 0 atom stereocenters. The molecule has 1 aromatic carbocycles. The van der Waals surface area contributed by atoms with Crippen molar-refractivity contribution in [3.05, 3.63) is 53.5 Å². The van der Waals surface area contributed by atoms with E-state index < -0.39 is 17.3 Å². The molecule has 2 aliphatic rings. The molecule has 0 radical (unpaired) electrons. The summed E-state index contributed by atoms with van der Waals surface area (Å²) in [7, 11) is 0. The highest BCUT2D eigenvalue weighted by atomic mass is 19.1. The number of piperidine rings is 1. The van der Waals surface area contributed by atoms with E-state index in [0.29, 0.717) is 30.7 Å². The summed E-state index contributed by atoms with van der Waals surface area (Å²) in [5, 5.41) is 13.4. The number of benzene rings is 1. The highest BCUT2D eigenvalue weighted by molar-refractivity contribution is 6.09. The Bertz CT molecular complexity index is 1360. The van der Waals surface area contributed by atoms with Crippen molar-refractivity contribution < 1.29 is 23.8 Å². The summed E-state index contributed by atoms with van der Waals surface area (Å²) in [6.07, 6.45) is 7.14. The molecule has 1 aliphatic carbocycles. The zero-order valence-electron chi connectivity index (χ0n) is 28.4. The quantitative estimate of drug-likeness (QED) is 0.232. The second-order valence-electron chi connectivity index (χ2n) is 13.7. The minimum atomic E-state index is -0.654. The molecule has 1 saturated heterocycles. The number of pyridine rings is 1. The predicted octanol–water partition coefficient (Wildman–Crippen LogP) is 5.93. The number of aryl methyl sites for hydroxylation is 1. The number of amidine groups is 1. The number of nitrogens with one attached hydrogen (secondary N) is 1. The van der Waals surface area contributed by atoms with Crippen LogP contribution in [0.15, 0.2) is 41.5 Å². The van der Waals surface area contributed by atoms with Crippen LogP contribution in [0, 0.1) is 24.6 Å². The van der Waals surface area contributed by atoms with Crippen molar-refractivity contribution >= 4 is 23.3 Å². The number of aliphatic imine (C=N–C) groups is 1. The number of hydrogen-bond donors (Lipinski definition) is 2. The molecule has 0 spiro atoms. The van der Waals surface area contributed by atoms with Crippen LogP contribution in [0.5, 0.6) is 5.88 Å². The van der Waals surface area contributed by atoms with E-state index in [-0.39, 0.29) is 29.5 Å². The fourth-order valence-electron chi connectivity index (χ4n) is 6.63. The van der Waals surface area contributed by atoms with Gasteiger partial charge in [-0.05, 0) is 116 Å². The van der Waals surface area contributed by atoms with Crippen molar-refractivity contribution in [3.63, 3.8) is 0 Å². The van der Waals surface area contributed by atoms with Crippen molar-refractivity contribution in [2.45, 2.75) is 104 Å². The third-order valence-electron chi connectivity index (χ3n) is 9.31. The standard InChI is InChI=1S/C36H52FN5O4/c1-7-32(40-35(44)27-9-8-10-29(37)21-27)42(30-13-11-26(12-14-30)34(43)39-24(2)3)31-22-33(38-23-25(31)4)46-20-19-41-17-15-28(16-18-41)36(5,6)45/h8-10,21-24,26,28,30,45H,7,11-20H2,1-6H3,(H,39,43). The third-order valence-corrected chi connectivity index (χ3v) is 9.31. The highest BCUT2D eigenvalue weighted by Gasteiger charge is 2.33. The van der Waals surface area contributed by atoms with Crippen molar-refractivity contribution in [3.8, 4) is 5.88 Å². The molecular weight excluding hydrogens is 585 g/mol. The number of rotatable bonds is 11. The summed E-state index contributed by atoms with van der Waals surface area (Å²) < 4.78 is 20.1. The van der Waals surface area contributed by atoms with Gasteiger partial charge in [-0.2, -0.15) is 4.99 Å². The van der Waals surface area contributed by atoms with Gasteiger partial charge in [-0.25, -0.2) is 9.37 Å². The molecule has 46 heavy (non-hydrogen) atoms. The molecule has 4 rings (SSSR count). The largest absolute Gasteiger partial charge is 0.476 e. The highest BCUT2D eigenvalue weighted by Crippen LogP contribution is 2.35. The van der Waals surface area contributed by atoms with E-state index in [4.69, 9.17) is 4.74 Å². The molecule has 1 aliphatic heterocycles. The van der Waals surface area contributed by atoms with Gasteiger partial charge in [-0.1, -0.05) is 13.0 Å². The number of hydrogen-bond acceptors (Lipinski definition) is 6. The Balaban J connectivity index is 1.54. The van der Waals surface area contributed by atoms with Crippen LogP contribution in [0.2, 0.25) is 0 Å². The first-order valence-corrected chi connectivity index (χ1v) is 16.9. The summed E-state index contributed by atoms with van der Waals surface area (Å²) in [5.74, 6) is 0.436. The molecule has 0 unspecified atom stereocenters. The number of aliphatic hydroxyl groups is 1. The van der Waals surface area contributed by atoms with E-state index in [0.717, 1.165) is 69.4 Å². The Labute approximate surface area is 273 Å². The van der Waals surface area contributed by atoms with Crippen LogP contribution in [0.1, 0.15) is 95.5 Å². The molecule has 1 saturated carbocycles. The van der Waals surface area contributed by atoms with E-state index >= 15 is 0 Å².